The molecule has 41 heavy (non-hydrogen) atoms. The molecule has 1 aromatic carbocycles. The number of benzene rings is 1. The van der Waals surface area contributed by atoms with Crippen molar-refractivity contribution in [3.8, 4) is 11.5 Å². The largest absolute Gasteiger partial charge is 0.513 e. The Hall–Kier alpha value is -3.54. The van der Waals surface area contributed by atoms with E-state index in [9.17, 15) is 24.3 Å². The molecular formula is C29H43NO11. The second-order valence-electron chi connectivity index (χ2n) is 11.1. The molecule has 12 nitrogen and oxygen atoms in total. The first kappa shape index (κ1) is 33.7. The molecule has 0 amide bonds. The van der Waals surface area contributed by atoms with Gasteiger partial charge in [0.1, 0.15) is 12.1 Å². The summed E-state index contributed by atoms with van der Waals surface area (Å²) >= 11 is 0. The lowest BCUT2D eigenvalue weighted by atomic mass is 9.82. The third-order valence-electron chi connectivity index (χ3n) is 6.37. The lowest BCUT2D eigenvalue weighted by molar-refractivity contribution is -0.139. The maximum absolute atomic E-state index is 12.4. The van der Waals surface area contributed by atoms with Crippen molar-refractivity contribution >= 4 is 24.4 Å². The van der Waals surface area contributed by atoms with E-state index in [1.165, 1.54) is 18.2 Å². The predicted octanol–water partition coefficient (Wildman–Crippen LogP) is 5.65. The van der Waals surface area contributed by atoms with Gasteiger partial charge in [0, 0.05) is 5.92 Å². The second kappa shape index (κ2) is 16.7. The highest BCUT2D eigenvalue weighted by Gasteiger charge is 2.33. The fourth-order valence-electron chi connectivity index (χ4n) is 4.30. The summed E-state index contributed by atoms with van der Waals surface area (Å²) in [6, 6.07) is 2.75. The Morgan fingerprint density at radius 1 is 0.805 bits per heavy atom. The van der Waals surface area contributed by atoms with Crippen LogP contribution in [-0.4, -0.2) is 61.5 Å². The van der Waals surface area contributed by atoms with Gasteiger partial charge in [0.2, 0.25) is 0 Å². The molecule has 0 spiro atoms. The van der Waals surface area contributed by atoms with Crippen LogP contribution >= 0.6 is 0 Å². The summed E-state index contributed by atoms with van der Waals surface area (Å²) < 4.78 is 31.4. The van der Waals surface area contributed by atoms with Crippen molar-refractivity contribution in [1.82, 2.24) is 0 Å². The van der Waals surface area contributed by atoms with Gasteiger partial charge < -0.3 is 39.3 Å². The van der Waals surface area contributed by atoms with Crippen molar-refractivity contribution in [3.05, 3.63) is 23.8 Å². The molecule has 0 saturated heterocycles. The first-order chi connectivity index (χ1) is 19.4. The van der Waals surface area contributed by atoms with Crippen LogP contribution in [0.2, 0.25) is 0 Å². The topological polar surface area (TPSA) is 170 Å². The maximum Gasteiger partial charge on any atom is 0.513 e. The summed E-state index contributed by atoms with van der Waals surface area (Å²) in [6.45, 7) is 9.10. The van der Waals surface area contributed by atoms with Crippen LogP contribution in [-0.2, 0) is 23.7 Å². The van der Waals surface area contributed by atoms with E-state index < -0.39 is 42.3 Å². The fourth-order valence-corrected chi connectivity index (χ4v) is 4.30. The summed E-state index contributed by atoms with van der Waals surface area (Å²) in [5.74, 6) is -3.03. The Bertz CT molecular complexity index is 1020. The van der Waals surface area contributed by atoms with E-state index in [4.69, 9.17) is 34.2 Å². The van der Waals surface area contributed by atoms with Gasteiger partial charge >= 0.3 is 24.4 Å². The monoisotopic (exact) mass is 581 g/mol. The zero-order valence-corrected chi connectivity index (χ0v) is 24.5. The number of carboxylic acid groups (broad SMARTS) is 1. The van der Waals surface area contributed by atoms with E-state index in [0.29, 0.717) is 5.56 Å². The molecule has 12 heteroatoms. The molecule has 2 rings (SSSR count). The zero-order chi connectivity index (χ0) is 30.5. The van der Waals surface area contributed by atoms with Crippen molar-refractivity contribution in [2.24, 2.45) is 23.5 Å². The average Bonchev–Trinajstić information content (AvgIpc) is 2.91. The summed E-state index contributed by atoms with van der Waals surface area (Å²) in [5.41, 5.74) is 6.40. The number of hydrogen-bond acceptors (Lipinski definition) is 11. The summed E-state index contributed by atoms with van der Waals surface area (Å²) in [6.07, 6.45) is 1.54. The van der Waals surface area contributed by atoms with Crippen LogP contribution in [0.3, 0.4) is 0 Å². The van der Waals surface area contributed by atoms with Crippen LogP contribution in [0.5, 0.6) is 11.5 Å². The van der Waals surface area contributed by atoms with Crippen LogP contribution in [0.1, 0.15) is 78.2 Å². The zero-order valence-electron chi connectivity index (χ0n) is 24.5. The molecule has 1 saturated carbocycles. The van der Waals surface area contributed by atoms with Crippen LogP contribution in [0.15, 0.2) is 18.2 Å². The van der Waals surface area contributed by atoms with E-state index in [2.05, 4.69) is 0 Å². The molecule has 0 bridgehead atoms. The molecule has 3 N–H and O–H groups in total. The molecule has 3 atom stereocenters. The fraction of sp³-hybridized carbons (Fsp3) is 0.655. The number of nitrogens with two attached hydrogens (primary N) is 1. The molecule has 0 aromatic heterocycles. The first-order valence-corrected chi connectivity index (χ1v) is 14.0. The number of carbonyl (C=O) groups is 4. The van der Waals surface area contributed by atoms with E-state index >= 15 is 0 Å². The minimum atomic E-state index is -1.41. The molecule has 230 valence electrons. The van der Waals surface area contributed by atoms with Gasteiger partial charge in [0.05, 0.1) is 19.8 Å². The molecule has 1 aromatic rings. The van der Waals surface area contributed by atoms with Gasteiger partial charge in [-0.1, -0.05) is 47.1 Å². The van der Waals surface area contributed by atoms with Crippen molar-refractivity contribution < 1.29 is 52.7 Å². The van der Waals surface area contributed by atoms with E-state index in [0.717, 1.165) is 32.1 Å². The van der Waals surface area contributed by atoms with Crippen LogP contribution in [0.25, 0.3) is 0 Å². The van der Waals surface area contributed by atoms with Gasteiger partial charge in [-0.25, -0.2) is 14.4 Å². The Balaban J connectivity index is 2.27. The van der Waals surface area contributed by atoms with Crippen LogP contribution < -0.4 is 15.2 Å². The number of carboxylic acids is 1. The Morgan fingerprint density at radius 2 is 1.34 bits per heavy atom. The van der Waals surface area contributed by atoms with E-state index in [-0.39, 0.29) is 49.3 Å². The molecule has 0 heterocycles. The van der Waals surface area contributed by atoms with E-state index in [1.807, 2.05) is 27.7 Å². The first-order valence-electron chi connectivity index (χ1n) is 14.0. The molecule has 1 aliphatic rings. The van der Waals surface area contributed by atoms with Gasteiger partial charge in [-0.2, -0.15) is 0 Å². The summed E-state index contributed by atoms with van der Waals surface area (Å²) in [5, 5.41) is 9.72. The Labute approximate surface area is 240 Å². The van der Waals surface area contributed by atoms with Gasteiger partial charge in [-0.05, 0) is 61.1 Å². The lowest BCUT2D eigenvalue weighted by Crippen LogP contribution is -2.40. The lowest BCUT2D eigenvalue weighted by Gasteiger charge is -2.28. The molecule has 1 fully saturated rings. The maximum atomic E-state index is 12.4. The highest BCUT2D eigenvalue weighted by atomic mass is 16.7. The SMILES string of the molecule is CC(C)COC(=O)Oc1ccc(C(C(C)COC(=O)OC2CCCCC2)[C@H](N)C(=O)O)cc1OC(=O)OCC(C)C. The molecule has 2 unspecified atom stereocenters. The second-order valence-corrected chi connectivity index (χ2v) is 11.1. The normalized spacial score (nSPS) is 15.9. The number of rotatable bonds is 13. The summed E-state index contributed by atoms with van der Waals surface area (Å²) in [7, 11) is 0. The van der Waals surface area contributed by atoms with Gasteiger partial charge in [0.15, 0.2) is 11.5 Å². The number of ether oxygens (including phenoxy) is 6. The number of carbonyl (C=O) groups excluding carboxylic acids is 3. The minimum absolute atomic E-state index is 0.0409. The quantitative estimate of drug-likeness (QED) is 0.167. The molecule has 0 aliphatic heterocycles. The smallest absolute Gasteiger partial charge is 0.480 e. The average molecular weight is 582 g/mol. The third-order valence-corrected chi connectivity index (χ3v) is 6.37. The van der Waals surface area contributed by atoms with Crippen molar-refractivity contribution in [1.29, 1.82) is 0 Å². The minimum Gasteiger partial charge on any atom is -0.480 e. The number of hydrogen-bond donors (Lipinski definition) is 2. The van der Waals surface area contributed by atoms with Gasteiger partial charge in [-0.3, -0.25) is 4.79 Å². The molecule has 0 radical (unpaired) electrons. The molecule has 1 aliphatic carbocycles. The standard InChI is InChI=1S/C29H43NO11/c1-17(2)14-36-28(34)40-22-12-11-20(13-23(22)41-29(35)37-15-18(3)4)24(25(30)26(31)32)19(5)16-38-27(33)39-21-9-7-6-8-10-21/h11-13,17-19,21,24-25H,6-10,14-16,30H2,1-5H3,(H,31,32)/t19?,24?,25-/m0/s1. The van der Waals surface area contributed by atoms with Crippen molar-refractivity contribution in [2.45, 2.75) is 84.8 Å². The Kier molecular flexibility index (Phi) is 13.7. The Morgan fingerprint density at radius 3 is 1.88 bits per heavy atom. The third kappa shape index (κ3) is 11.8. The summed E-state index contributed by atoms with van der Waals surface area (Å²) in [4.78, 5) is 48.8. The van der Waals surface area contributed by atoms with Crippen molar-refractivity contribution in [2.75, 3.05) is 19.8 Å². The number of aliphatic carboxylic acids is 1. The molecular weight excluding hydrogens is 538 g/mol. The van der Waals surface area contributed by atoms with Crippen molar-refractivity contribution in [3.63, 3.8) is 0 Å². The van der Waals surface area contributed by atoms with Gasteiger partial charge in [0.25, 0.3) is 0 Å². The predicted molar refractivity (Wildman–Crippen MR) is 147 cm³/mol. The van der Waals surface area contributed by atoms with Crippen LogP contribution in [0, 0.1) is 17.8 Å². The highest BCUT2D eigenvalue weighted by molar-refractivity contribution is 5.75. The van der Waals surface area contributed by atoms with E-state index in [1.54, 1.807) is 6.92 Å². The highest BCUT2D eigenvalue weighted by Crippen LogP contribution is 2.36. The van der Waals surface area contributed by atoms with Gasteiger partial charge in [-0.15, -0.1) is 0 Å². The van der Waals surface area contributed by atoms with Crippen LogP contribution in [0.4, 0.5) is 14.4 Å².